The van der Waals surface area contributed by atoms with E-state index in [1.807, 2.05) is 6.07 Å². The first kappa shape index (κ1) is 15.0. The van der Waals surface area contributed by atoms with E-state index in [-0.39, 0.29) is 24.4 Å². The zero-order valence-electron chi connectivity index (χ0n) is 11.7. The third-order valence-electron chi connectivity index (χ3n) is 3.61. The van der Waals surface area contributed by atoms with Gasteiger partial charge in [-0.2, -0.15) is 5.26 Å². The number of piperidine rings is 1. The number of hydrogen-bond acceptors (Lipinski definition) is 4. The molecule has 1 unspecified atom stereocenters. The van der Waals surface area contributed by atoms with E-state index in [1.54, 1.807) is 29.2 Å². The fraction of sp³-hybridized carbons (Fsp3) is 0.400. The second-order valence-electron chi connectivity index (χ2n) is 5.09. The van der Waals surface area contributed by atoms with Crippen LogP contribution in [0.25, 0.3) is 0 Å². The lowest BCUT2D eigenvalue weighted by molar-refractivity contribution is -0.126. The number of benzene rings is 1. The van der Waals surface area contributed by atoms with Crippen LogP contribution < -0.4 is 11.1 Å². The minimum atomic E-state index is -0.389. The summed E-state index contributed by atoms with van der Waals surface area (Å²) in [7, 11) is 0. The fourth-order valence-electron chi connectivity index (χ4n) is 2.57. The number of carbonyl (C=O) groups is 2. The normalized spacial score (nSPS) is 18.7. The minimum absolute atomic E-state index is 0.105. The van der Waals surface area contributed by atoms with E-state index < -0.39 is 0 Å². The second kappa shape index (κ2) is 6.86. The van der Waals surface area contributed by atoms with Crippen LogP contribution in [0, 0.1) is 11.3 Å². The van der Waals surface area contributed by atoms with Crippen molar-refractivity contribution in [3.05, 3.63) is 29.8 Å². The summed E-state index contributed by atoms with van der Waals surface area (Å²) in [5.74, 6) is -0.634. The monoisotopic (exact) mass is 286 g/mol. The molecular weight excluding hydrogens is 268 g/mol. The molecule has 0 aromatic heterocycles. The highest BCUT2D eigenvalue weighted by atomic mass is 16.2. The topological polar surface area (TPSA) is 99.2 Å². The molecule has 21 heavy (non-hydrogen) atoms. The molecule has 6 nitrogen and oxygen atoms in total. The first-order chi connectivity index (χ1) is 10.1. The van der Waals surface area contributed by atoms with Crippen molar-refractivity contribution in [1.29, 1.82) is 5.26 Å². The first-order valence-corrected chi connectivity index (χ1v) is 6.94. The van der Waals surface area contributed by atoms with Gasteiger partial charge in [-0.1, -0.05) is 18.6 Å². The Labute approximate surface area is 123 Å². The zero-order chi connectivity index (χ0) is 15.2. The van der Waals surface area contributed by atoms with Gasteiger partial charge in [0, 0.05) is 0 Å². The van der Waals surface area contributed by atoms with Gasteiger partial charge in [-0.05, 0) is 31.5 Å². The third-order valence-corrected chi connectivity index (χ3v) is 3.61. The predicted molar refractivity (Wildman–Crippen MR) is 78.2 cm³/mol. The Morgan fingerprint density at radius 1 is 1.38 bits per heavy atom. The van der Waals surface area contributed by atoms with Crippen molar-refractivity contribution in [1.82, 2.24) is 4.90 Å². The Balaban J connectivity index is 2.01. The molecule has 3 N–H and O–H groups in total. The fourth-order valence-corrected chi connectivity index (χ4v) is 2.57. The number of amides is 2. The van der Waals surface area contributed by atoms with Crippen molar-refractivity contribution in [2.75, 3.05) is 18.4 Å². The van der Waals surface area contributed by atoms with Crippen molar-refractivity contribution >= 4 is 17.5 Å². The number of likely N-dealkylation sites (tertiary alicyclic amines) is 1. The highest BCUT2D eigenvalue weighted by Crippen LogP contribution is 2.17. The number of hydrogen-bond donors (Lipinski definition) is 2. The molecule has 0 aliphatic carbocycles. The number of para-hydroxylation sites is 1. The molecule has 1 aromatic rings. The molecule has 2 rings (SSSR count). The van der Waals surface area contributed by atoms with Gasteiger partial charge in [-0.25, -0.2) is 0 Å². The Bertz CT molecular complexity index is 579. The SMILES string of the molecule is N#Cc1ccccc1NC(=O)CN1CCCCC1C(N)=O. The lowest BCUT2D eigenvalue weighted by Gasteiger charge is -2.32. The molecule has 6 heteroatoms. The van der Waals surface area contributed by atoms with Gasteiger partial charge in [-0.15, -0.1) is 0 Å². The molecule has 0 spiro atoms. The average molecular weight is 286 g/mol. The van der Waals surface area contributed by atoms with Crippen molar-refractivity contribution < 1.29 is 9.59 Å². The van der Waals surface area contributed by atoms with Gasteiger partial charge in [0.2, 0.25) is 11.8 Å². The molecule has 1 heterocycles. The summed E-state index contributed by atoms with van der Waals surface area (Å²) in [6.45, 7) is 0.786. The van der Waals surface area contributed by atoms with E-state index in [1.165, 1.54) is 0 Å². The molecule has 1 fully saturated rings. The van der Waals surface area contributed by atoms with Crippen LogP contribution in [0.3, 0.4) is 0 Å². The molecule has 0 radical (unpaired) electrons. The van der Waals surface area contributed by atoms with Gasteiger partial charge < -0.3 is 11.1 Å². The summed E-state index contributed by atoms with van der Waals surface area (Å²) < 4.78 is 0. The molecule has 1 aliphatic heterocycles. The van der Waals surface area contributed by atoms with Crippen LogP contribution in [0.15, 0.2) is 24.3 Å². The van der Waals surface area contributed by atoms with E-state index in [9.17, 15) is 9.59 Å². The largest absolute Gasteiger partial charge is 0.368 e. The van der Waals surface area contributed by atoms with Crippen molar-refractivity contribution in [3.8, 4) is 6.07 Å². The van der Waals surface area contributed by atoms with E-state index in [4.69, 9.17) is 11.0 Å². The molecule has 110 valence electrons. The van der Waals surface area contributed by atoms with E-state index in [0.29, 0.717) is 24.2 Å². The number of nitriles is 1. The molecule has 1 saturated heterocycles. The summed E-state index contributed by atoms with van der Waals surface area (Å²) in [5, 5.41) is 11.7. The third kappa shape index (κ3) is 3.80. The van der Waals surface area contributed by atoms with Crippen LogP contribution in [0.4, 0.5) is 5.69 Å². The standard InChI is InChI=1S/C15H18N4O2/c16-9-11-5-1-2-6-12(11)18-14(20)10-19-8-4-3-7-13(19)15(17)21/h1-2,5-6,13H,3-4,7-8,10H2,(H2,17,21)(H,18,20). The van der Waals surface area contributed by atoms with Crippen LogP contribution in [0.5, 0.6) is 0 Å². The average Bonchev–Trinajstić information content (AvgIpc) is 2.48. The number of primary amides is 1. The molecule has 2 amide bonds. The maximum absolute atomic E-state index is 12.1. The number of anilines is 1. The van der Waals surface area contributed by atoms with Crippen molar-refractivity contribution in [3.63, 3.8) is 0 Å². The molecule has 0 bridgehead atoms. The Morgan fingerprint density at radius 3 is 2.86 bits per heavy atom. The highest BCUT2D eigenvalue weighted by Gasteiger charge is 2.28. The Kier molecular flexibility index (Phi) is 4.90. The Morgan fingerprint density at radius 2 is 2.14 bits per heavy atom. The van der Waals surface area contributed by atoms with E-state index >= 15 is 0 Å². The molecule has 0 saturated carbocycles. The van der Waals surface area contributed by atoms with Crippen LogP contribution >= 0.6 is 0 Å². The van der Waals surface area contributed by atoms with Gasteiger partial charge >= 0.3 is 0 Å². The summed E-state index contributed by atoms with van der Waals surface area (Å²) in [5.41, 5.74) is 6.27. The highest BCUT2D eigenvalue weighted by molar-refractivity contribution is 5.94. The van der Waals surface area contributed by atoms with Gasteiger partial charge in [0.05, 0.1) is 23.8 Å². The molecule has 1 aliphatic rings. The lowest BCUT2D eigenvalue weighted by atomic mass is 10.0. The lowest BCUT2D eigenvalue weighted by Crippen LogP contribution is -2.50. The minimum Gasteiger partial charge on any atom is -0.368 e. The maximum atomic E-state index is 12.1. The van der Waals surface area contributed by atoms with Crippen LogP contribution in [0.1, 0.15) is 24.8 Å². The van der Waals surface area contributed by atoms with Crippen LogP contribution in [-0.4, -0.2) is 35.8 Å². The number of nitrogens with zero attached hydrogens (tertiary/aromatic N) is 2. The van der Waals surface area contributed by atoms with Crippen LogP contribution in [0.2, 0.25) is 0 Å². The zero-order valence-corrected chi connectivity index (χ0v) is 11.7. The summed E-state index contributed by atoms with van der Waals surface area (Å²) in [4.78, 5) is 25.3. The van der Waals surface area contributed by atoms with Gasteiger partial charge in [0.1, 0.15) is 6.07 Å². The van der Waals surface area contributed by atoms with Gasteiger partial charge in [0.25, 0.3) is 0 Å². The summed E-state index contributed by atoms with van der Waals surface area (Å²) in [6.07, 6.45) is 2.59. The summed E-state index contributed by atoms with van der Waals surface area (Å²) >= 11 is 0. The number of nitrogens with one attached hydrogen (secondary N) is 1. The number of nitrogens with two attached hydrogens (primary N) is 1. The predicted octanol–water partition coefficient (Wildman–Crippen LogP) is 0.837. The van der Waals surface area contributed by atoms with Crippen molar-refractivity contribution in [2.24, 2.45) is 5.73 Å². The van der Waals surface area contributed by atoms with E-state index in [2.05, 4.69) is 5.32 Å². The van der Waals surface area contributed by atoms with Gasteiger partial charge in [-0.3, -0.25) is 14.5 Å². The molecule has 1 aromatic carbocycles. The van der Waals surface area contributed by atoms with Crippen molar-refractivity contribution in [2.45, 2.75) is 25.3 Å². The van der Waals surface area contributed by atoms with Gasteiger partial charge in [0.15, 0.2) is 0 Å². The molecule has 1 atom stereocenters. The maximum Gasteiger partial charge on any atom is 0.238 e. The van der Waals surface area contributed by atoms with E-state index in [0.717, 1.165) is 12.8 Å². The first-order valence-electron chi connectivity index (χ1n) is 6.94. The quantitative estimate of drug-likeness (QED) is 0.856. The Hall–Kier alpha value is -2.39. The second-order valence-corrected chi connectivity index (χ2v) is 5.09. The smallest absolute Gasteiger partial charge is 0.238 e. The number of rotatable bonds is 4. The molecular formula is C15H18N4O2. The number of carbonyl (C=O) groups excluding carboxylic acids is 2. The summed E-state index contributed by atoms with van der Waals surface area (Å²) in [6, 6.07) is 8.46. The van der Waals surface area contributed by atoms with Crippen LogP contribution in [-0.2, 0) is 9.59 Å².